The minimum atomic E-state index is -0.157. The summed E-state index contributed by atoms with van der Waals surface area (Å²) in [6.07, 6.45) is 1.71. The van der Waals surface area contributed by atoms with Gasteiger partial charge in [0.2, 0.25) is 5.56 Å². The maximum Gasteiger partial charge on any atom is 0.248 e. The van der Waals surface area contributed by atoms with Crippen LogP contribution in [0.25, 0.3) is 10.9 Å². The molecule has 20 heavy (non-hydrogen) atoms. The highest BCUT2D eigenvalue weighted by molar-refractivity contribution is 6.32. The van der Waals surface area contributed by atoms with E-state index in [1.807, 2.05) is 18.2 Å². The van der Waals surface area contributed by atoms with Crippen LogP contribution in [0.5, 0.6) is 5.75 Å². The molecule has 0 saturated carbocycles. The predicted molar refractivity (Wildman–Crippen MR) is 78.1 cm³/mol. The van der Waals surface area contributed by atoms with Gasteiger partial charge in [0.25, 0.3) is 0 Å². The number of fused-ring (bicyclic) bond motifs is 1. The van der Waals surface area contributed by atoms with Crippen molar-refractivity contribution < 1.29 is 4.74 Å². The van der Waals surface area contributed by atoms with E-state index >= 15 is 0 Å². The number of nitrogens with one attached hydrogen (secondary N) is 1. The third-order valence-corrected chi connectivity index (χ3v) is 3.17. The maximum absolute atomic E-state index is 11.3. The fourth-order valence-electron chi connectivity index (χ4n) is 1.90. The molecule has 100 valence electrons. The number of aromatic nitrogens is 2. The smallest absolute Gasteiger partial charge is 0.248 e. The number of halogens is 1. The van der Waals surface area contributed by atoms with Gasteiger partial charge in [0, 0.05) is 18.3 Å². The standard InChI is InChI=1S/C15H11ClN2O2/c16-12-7-10-4-5-15(19)18-13(10)8-14(12)20-9-11-3-1-2-6-17-11/h1-8H,9H2,(H,18,19). The SMILES string of the molecule is O=c1ccc2cc(Cl)c(OCc3ccccn3)cc2[nH]1. The van der Waals surface area contributed by atoms with E-state index in [1.54, 1.807) is 24.4 Å². The Morgan fingerprint density at radius 3 is 2.90 bits per heavy atom. The van der Waals surface area contributed by atoms with Gasteiger partial charge < -0.3 is 9.72 Å². The van der Waals surface area contributed by atoms with Crippen LogP contribution in [0.2, 0.25) is 5.02 Å². The number of ether oxygens (including phenoxy) is 1. The van der Waals surface area contributed by atoms with Crippen molar-refractivity contribution in [3.05, 3.63) is 69.7 Å². The Morgan fingerprint density at radius 2 is 2.10 bits per heavy atom. The lowest BCUT2D eigenvalue weighted by molar-refractivity contribution is 0.302. The van der Waals surface area contributed by atoms with Gasteiger partial charge in [-0.1, -0.05) is 17.7 Å². The summed E-state index contributed by atoms with van der Waals surface area (Å²) in [4.78, 5) is 18.2. The summed E-state index contributed by atoms with van der Waals surface area (Å²) < 4.78 is 5.65. The number of nitrogens with zero attached hydrogens (tertiary/aromatic N) is 1. The van der Waals surface area contributed by atoms with E-state index in [2.05, 4.69) is 9.97 Å². The predicted octanol–water partition coefficient (Wildman–Crippen LogP) is 3.16. The Bertz CT molecular complexity index is 800. The summed E-state index contributed by atoms with van der Waals surface area (Å²) in [6.45, 7) is 0.323. The van der Waals surface area contributed by atoms with Crippen molar-refractivity contribution in [1.29, 1.82) is 0 Å². The summed E-state index contributed by atoms with van der Waals surface area (Å²) in [5, 5.41) is 1.36. The van der Waals surface area contributed by atoms with E-state index in [-0.39, 0.29) is 5.56 Å². The van der Waals surface area contributed by atoms with Crippen molar-refractivity contribution >= 4 is 22.5 Å². The number of hydrogen-bond acceptors (Lipinski definition) is 3. The van der Waals surface area contributed by atoms with Gasteiger partial charge in [-0.05, 0) is 29.7 Å². The molecule has 0 radical (unpaired) electrons. The first-order chi connectivity index (χ1) is 9.72. The highest BCUT2D eigenvalue weighted by Gasteiger charge is 2.06. The summed E-state index contributed by atoms with van der Waals surface area (Å²) in [6, 6.07) is 12.3. The molecule has 4 nitrogen and oxygen atoms in total. The minimum absolute atomic E-state index is 0.157. The molecule has 3 rings (SSSR count). The molecule has 0 atom stereocenters. The van der Waals surface area contributed by atoms with E-state index in [9.17, 15) is 4.79 Å². The second-order valence-corrected chi connectivity index (χ2v) is 4.71. The molecule has 0 fully saturated rings. The highest BCUT2D eigenvalue weighted by Crippen LogP contribution is 2.29. The van der Waals surface area contributed by atoms with Crippen LogP contribution in [0, 0.1) is 0 Å². The van der Waals surface area contributed by atoms with Gasteiger partial charge in [-0.25, -0.2) is 0 Å². The molecule has 0 spiro atoms. The fraction of sp³-hybridized carbons (Fsp3) is 0.0667. The largest absolute Gasteiger partial charge is 0.486 e. The summed E-state index contributed by atoms with van der Waals surface area (Å²) in [7, 11) is 0. The first kappa shape index (κ1) is 12.7. The second kappa shape index (κ2) is 5.35. The third-order valence-electron chi connectivity index (χ3n) is 2.88. The monoisotopic (exact) mass is 286 g/mol. The van der Waals surface area contributed by atoms with Crippen LogP contribution in [0.15, 0.2) is 53.5 Å². The van der Waals surface area contributed by atoms with Gasteiger partial charge in [-0.2, -0.15) is 0 Å². The van der Waals surface area contributed by atoms with Crippen LogP contribution in [-0.4, -0.2) is 9.97 Å². The van der Waals surface area contributed by atoms with Crippen LogP contribution in [0.4, 0.5) is 0 Å². The Balaban J connectivity index is 1.91. The first-order valence-corrected chi connectivity index (χ1v) is 6.45. The summed E-state index contributed by atoms with van der Waals surface area (Å²) >= 11 is 6.17. The molecule has 0 unspecified atom stereocenters. The average molecular weight is 287 g/mol. The fourth-order valence-corrected chi connectivity index (χ4v) is 2.13. The van der Waals surface area contributed by atoms with Crippen LogP contribution >= 0.6 is 11.6 Å². The highest BCUT2D eigenvalue weighted by atomic mass is 35.5. The van der Waals surface area contributed by atoms with Crippen molar-refractivity contribution in [2.45, 2.75) is 6.61 Å². The van der Waals surface area contributed by atoms with Crippen LogP contribution in [0.1, 0.15) is 5.69 Å². The van der Waals surface area contributed by atoms with Crippen LogP contribution < -0.4 is 10.3 Å². The number of benzene rings is 1. The topological polar surface area (TPSA) is 55.0 Å². The lowest BCUT2D eigenvalue weighted by Crippen LogP contribution is -2.03. The zero-order valence-electron chi connectivity index (χ0n) is 10.5. The zero-order chi connectivity index (χ0) is 13.9. The molecule has 0 aliphatic carbocycles. The van der Waals surface area contributed by atoms with Gasteiger partial charge in [0.15, 0.2) is 0 Å². The number of H-pyrrole nitrogens is 1. The van der Waals surface area contributed by atoms with E-state index in [0.717, 1.165) is 11.1 Å². The molecular formula is C15H11ClN2O2. The van der Waals surface area contributed by atoms with E-state index in [0.29, 0.717) is 22.9 Å². The van der Waals surface area contributed by atoms with Crippen LogP contribution in [0.3, 0.4) is 0 Å². The number of aromatic amines is 1. The maximum atomic E-state index is 11.3. The van der Waals surface area contributed by atoms with Crippen molar-refractivity contribution in [2.75, 3.05) is 0 Å². The summed E-state index contributed by atoms with van der Waals surface area (Å²) in [5.74, 6) is 0.520. The van der Waals surface area contributed by atoms with Gasteiger partial charge in [-0.15, -0.1) is 0 Å². The molecule has 0 aliphatic heterocycles. The van der Waals surface area contributed by atoms with E-state index in [1.165, 1.54) is 6.07 Å². The molecule has 1 aromatic carbocycles. The molecular weight excluding hydrogens is 276 g/mol. The Hall–Kier alpha value is -2.33. The molecule has 0 amide bonds. The average Bonchev–Trinajstić information content (AvgIpc) is 2.46. The molecule has 0 saturated heterocycles. The van der Waals surface area contributed by atoms with Crippen molar-refractivity contribution in [3.8, 4) is 5.75 Å². The Morgan fingerprint density at radius 1 is 1.20 bits per heavy atom. The van der Waals surface area contributed by atoms with E-state index in [4.69, 9.17) is 16.3 Å². The van der Waals surface area contributed by atoms with Crippen LogP contribution in [-0.2, 0) is 6.61 Å². The van der Waals surface area contributed by atoms with Gasteiger partial charge >= 0.3 is 0 Å². The summed E-state index contributed by atoms with van der Waals surface area (Å²) in [5.41, 5.74) is 1.35. The van der Waals surface area contributed by atoms with Crippen molar-refractivity contribution in [1.82, 2.24) is 9.97 Å². The van der Waals surface area contributed by atoms with Crippen molar-refractivity contribution in [3.63, 3.8) is 0 Å². The van der Waals surface area contributed by atoms with Gasteiger partial charge in [0.05, 0.1) is 16.2 Å². The number of pyridine rings is 2. The third kappa shape index (κ3) is 2.65. The minimum Gasteiger partial charge on any atom is -0.486 e. The quantitative estimate of drug-likeness (QED) is 0.805. The molecule has 0 aliphatic rings. The van der Waals surface area contributed by atoms with Gasteiger partial charge in [-0.3, -0.25) is 9.78 Å². The molecule has 0 bridgehead atoms. The lowest BCUT2D eigenvalue weighted by atomic mass is 10.2. The Kier molecular flexibility index (Phi) is 3.39. The molecule has 5 heteroatoms. The normalized spacial score (nSPS) is 10.7. The van der Waals surface area contributed by atoms with Gasteiger partial charge in [0.1, 0.15) is 12.4 Å². The zero-order valence-corrected chi connectivity index (χ0v) is 11.2. The number of hydrogen-bond donors (Lipinski definition) is 1. The first-order valence-electron chi connectivity index (χ1n) is 6.08. The molecule has 2 heterocycles. The lowest BCUT2D eigenvalue weighted by Gasteiger charge is -2.09. The molecule has 1 N–H and O–H groups in total. The second-order valence-electron chi connectivity index (χ2n) is 4.30. The Labute approximate surface area is 120 Å². The molecule has 2 aromatic heterocycles. The number of rotatable bonds is 3. The van der Waals surface area contributed by atoms with Crippen molar-refractivity contribution in [2.24, 2.45) is 0 Å². The molecule has 3 aromatic rings. The van der Waals surface area contributed by atoms with E-state index < -0.39 is 0 Å².